The Morgan fingerprint density at radius 3 is 2.67 bits per heavy atom. The molecular weight excluding hydrogens is 256 g/mol. The molecular formula is C11H15ClN4O2. The van der Waals surface area contributed by atoms with Gasteiger partial charge in [0.05, 0.1) is 4.92 Å². The normalized spacial score (nSPS) is 15.9. The Morgan fingerprint density at radius 2 is 2.11 bits per heavy atom. The molecule has 1 N–H and O–H groups in total. The van der Waals surface area contributed by atoms with Crippen molar-refractivity contribution in [3.8, 4) is 0 Å². The Bertz CT molecular complexity index is 461. The molecule has 1 aliphatic rings. The predicted octanol–water partition coefficient (Wildman–Crippen LogP) is 2.96. The van der Waals surface area contributed by atoms with E-state index in [9.17, 15) is 10.1 Å². The van der Waals surface area contributed by atoms with Gasteiger partial charge in [-0.25, -0.2) is 4.98 Å². The zero-order chi connectivity index (χ0) is 13.1. The lowest BCUT2D eigenvalue weighted by atomic mass is 10.2. The fourth-order valence-corrected chi connectivity index (χ4v) is 2.46. The lowest BCUT2D eigenvalue weighted by Crippen LogP contribution is -2.18. The molecule has 7 heteroatoms. The summed E-state index contributed by atoms with van der Waals surface area (Å²) in [6.45, 7) is 1.81. The lowest BCUT2D eigenvalue weighted by molar-refractivity contribution is -0.385. The van der Waals surface area contributed by atoms with Crippen molar-refractivity contribution in [3.05, 3.63) is 21.1 Å². The predicted molar refractivity (Wildman–Crippen MR) is 69.0 cm³/mol. The van der Waals surface area contributed by atoms with Crippen LogP contribution in [0, 0.1) is 10.1 Å². The van der Waals surface area contributed by atoms with Gasteiger partial charge in [0.25, 0.3) is 0 Å². The Balaban J connectivity index is 2.36. The third-order valence-electron chi connectivity index (χ3n) is 3.14. The van der Waals surface area contributed by atoms with E-state index in [-0.39, 0.29) is 22.8 Å². The third kappa shape index (κ3) is 2.69. The maximum absolute atomic E-state index is 11.1. The van der Waals surface area contributed by atoms with Gasteiger partial charge in [-0.15, -0.1) is 0 Å². The Hall–Kier alpha value is -1.43. The molecule has 0 amide bonds. The molecule has 1 heterocycles. The van der Waals surface area contributed by atoms with Crippen LogP contribution in [-0.2, 0) is 6.42 Å². The van der Waals surface area contributed by atoms with Gasteiger partial charge in [0.2, 0.25) is 11.1 Å². The first-order valence-corrected chi connectivity index (χ1v) is 6.47. The van der Waals surface area contributed by atoms with Crippen LogP contribution in [0.1, 0.15) is 38.3 Å². The van der Waals surface area contributed by atoms with Crippen molar-refractivity contribution in [1.29, 1.82) is 0 Å². The quantitative estimate of drug-likeness (QED) is 0.517. The molecule has 0 aromatic carbocycles. The van der Waals surface area contributed by atoms with E-state index < -0.39 is 4.92 Å². The summed E-state index contributed by atoms with van der Waals surface area (Å²) in [5.41, 5.74) is 0.328. The zero-order valence-corrected chi connectivity index (χ0v) is 10.9. The SMILES string of the molecule is CCc1nc(Cl)nc(NC2CCCC2)c1[N+](=O)[O-]. The van der Waals surface area contributed by atoms with Crippen LogP contribution in [0.4, 0.5) is 11.5 Å². The van der Waals surface area contributed by atoms with Gasteiger partial charge in [0, 0.05) is 6.04 Å². The molecule has 1 fully saturated rings. The van der Waals surface area contributed by atoms with Gasteiger partial charge in [0.1, 0.15) is 5.69 Å². The molecule has 1 saturated carbocycles. The summed E-state index contributed by atoms with van der Waals surface area (Å²) in [6, 6.07) is 0.249. The lowest BCUT2D eigenvalue weighted by Gasteiger charge is -2.13. The largest absolute Gasteiger partial charge is 0.361 e. The minimum absolute atomic E-state index is 0.0474. The average Bonchev–Trinajstić information content (AvgIpc) is 2.80. The maximum Gasteiger partial charge on any atom is 0.332 e. The van der Waals surface area contributed by atoms with Gasteiger partial charge < -0.3 is 5.32 Å². The first kappa shape index (κ1) is 13.0. The highest BCUT2D eigenvalue weighted by atomic mass is 35.5. The van der Waals surface area contributed by atoms with Gasteiger partial charge in [-0.3, -0.25) is 10.1 Å². The number of anilines is 1. The number of halogens is 1. The first-order chi connectivity index (χ1) is 8.61. The molecule has 1 aliphatic carbocycles. The number of rotatable bonds is 4. The minimum Gasteiger partial charge on any atom is -0.361 e. The van der Waals surface area contributed by atoms with E-state index in [4.69, 9.17) is 11.6 Å². The smallest absolute Gasteiger partial charge is 0.332 e. The monoisotopic (exact) mass is 270 g/mol. The van der Waals surface area contributed by atoms with Gasteiger partial charge in [-0.2, -0.15) is 4.98 Å². The first-order valence-electron chi connectivity index (χ1n) is 6.09. The van der Waals surface area contributed by atoms with Crippen LogP contribution in [0.5, 0.6) is 0 Å². The number of aryl methyl sites for hydroxylation is 1. The van der Waals surface area contributed by atoms with E-state index >= 15 is 0 Å². The average molecular weight is 271 g/mol. The fraction of sp³-hybridized carbons (Fsp3) is 0.636. The standard InChI is InChI=1S/C11H15ClN4O2/c1-2-8-9(16(17)18)10(15-11(12)14-8)13-7-5-3-4-6-7/h7H,2-6H2,1H3,(H,13,14,15). The van der Waals surface area contributed by atoms with E-state index in [0.717, 1.165) is 25.7 Å². The molecule has 6 nitrogen and oxygen atoms in total. The van der Waals surface area contributed by atoms with Crippen molar-refractivity contribution in [2.24, 2.45) is 0 Å². The highest BCUT2D eigenvalue weighted by Gasteiger charge is 2.26. The van der Waals surface area contributed by atoms with Crippen LogP contribution < -0.4 is 5.32 Å². The molecule has 0 saturated heterocycles. The van der Waals surface area contributed by atoms with E-state index in [1.165, 1.54) is 0 Å². The van der Waals surface area contributed by atoms with Gasteiger partial charge in [-0.1, -0.05) is 19.8 Å². The summed E-state index contributed by atoms with van der Waals surface area (Å²) in [6.07, 6.45) is 4.77. The van der Waals surface area contributed by atoms with Crippen molar-refractivity contribution in [2.75, 3.05) is 5.32 Å². The highest BCUT2D eigenvalue weighted by Crippen LogP contribution is 2.30. The van der Waals surface area contributed by atoms with Crippen molar-refractivity contribution in [2.45, 2.75) is 45.1 Å². The molecule has 98 valence electrons. The zero-order valence-electron chi connectivity index (χ0n) is 10.1. The Kier molecular flexibility index (Phi) is 3.96. The van der Waals surface area contributed by atoms with Crippen LogP contribution in [0.15, 0.2) is 0 Å². The highest BCUT2D eigenvalue weighted by molar-refractivity contribution is 6.28. The second kappa shape index (κ2) is 5.48. The molecule has 0 aliphatic heterocycles. The van der Waals surface area contributed by atoms with Crippen LogP contribution in [0.25, 0.3) is 0 Å². The second-order valence-electron chi connectivity index (χ2n) is 4.37. The van der Waals surface area contributed by atoms with E-state index in [1.54, 1.807) is 0 Å². The minimum atomic E-state index is -0.438. The van der Waals surface area contributed by atoms with Crippen molar-refractivity contribution in [3.63, 3.8) is 0 Å². The van der Waals surface area contributed by atoms with E-state index in [1.807, 2.05) is 6.92 Å². The number of nitro groups is 1. The summed E-state index contributed by atoms with van der Waals surface area (Å²) in [7, 11) is 0. The third-order valence-corrected chi connectivity index (χ3v) is 3.31. The van der Waals surface area contributed by atoms with Crippen LogP contribution in [0.2, 0.25) is 5.28 Å². The molecule has 18 heavy (non-hydrogen) atoms. The van der Waals surface area contributed by atoms with Crippen LogP contribution in [0.3, 0.4) is 0 Å². The Labute approximate surface area is 110 Å². The van der Waals surface area contributed by atoms with Crippen molar-refractivity contribution < 1.29 is 4.92 Å². The molecule has 0 atom stereocenters. The van der Waals surface area contributed by atoms with Crippen LogP contribution >= 0.6 is 11.6 Å². The topological polar surface area (TPSA) is 81.0 Å². The second-order valence-corrected chi connectivity index (χ2v) is 4.71. The number of aromatic nitrogens is 2. The Morgan fingerprint density at radius 1 is 1.44 bits per heavy atom. The number of nitrogens with zero attached hydrogens (tertiary/aromatic N) is 3. The maximum atomic E-state index is 11.1. The summed E-state index contributed by atoms with van der Waals surface area (Å²) < 4.78 is 0. The molecule has 0 radical (unpaired) electrons. The van der Waals surface area contributed by atoms with Gasteiger partial charge in [0.15, 0.2) is 0 Å². The molecule has 1 aromatic heterocycles. The van der Waals surface area contributed by atoms with Crippen LogP contribution in [-0.4, -0.2) is 20.9 Å². The number of hydrogen-bond acceptors (Lipinski definition) is 5. The number of hydrogen-bond donors (Lipinski definition) is 1. The summed E-state index contributed by atoms with van der Waals surface area (Å²) in [5, 5.41) is 14.3. The van der Waals surface area contributed by atoms with E-state index in [2.05, 4.69) is 15.3 Å². The van der Waals surface area contributed by atoms with Gasteiger partial charge >= 0.3 is 5.69 Å². The number of nitrogens with one attached hydrogen (secondary N) is 1. The summed E-state index contributed by atoms with van der Waals surface area (Å²) in [4.78, 5) is 18.6. The summed E-state index contributed by atoms with van der Waals surface area (Å²) >= 11 is 5.81. The van der Waals surface area contributed by atoms with Gasteiger partial charge in [-0.05, 0) is 30.9 Å². The van der Waals surface area contributed by atoms with Crippen molar-refractivity contribution in [1.82, 2.24) is 9.97 Å². The molecule has 0 unspecified atom stereocenters. The molecule has 0 bridgehead atoms. The fourth-order valence-electron chi connectivity index (χ4n) is 2.27. The molecule has 2 rings (SSSR count). The van der Waals surface area contributed by atoms with E-state index in [0.29, 0.717) is 12.1 Å². The van der Waals surface area contributed by atoms with Crippen molar-refractivity contribution >= 4 is 23.1 Å². The molecule has 1 aromatic rings. The molecule has 0 spiro atoms. The summed E-state index contributed by atoms with van der Waals surface area (Å²) in [5.74, 6) is 0.253.